The number of carbonyl (C=O) groups is 5. The summed E-state index contributed by atoms with van der Waals surface area (Å²) in [6.07, 6.45) is 12.7. The van der Waals surface area contributed by atoms with Gasteiger partial charge >= 0.3 is 0 Å². The topological polar surface area (TPSA) is 319 Å². The predicted octanol–water partition coefficient (Wildman–Crippen LogP) is 19.3. The van der Waals surface area contributed by atoms with E-state index in [1.165, 1.54) is 22.3 Å². The third kappa shape index (κ3) is 18.9. The van der Waals surface area contributed by atoms with Gasteiger partial charge in [0.15, 0.2) is 28.9 Å². The number of nitrogens with zero attached hydrogens (tertiary/aromatic N) is 5. The van der Waals surface area contributed by atoms with Crippen LogP contribution >= 0.6 is 0 Å². The van der Waals surface area contributed by atoms with Crippen LogP contribution in [0.3, 0.4) is 0 Å². The van der Waals surface area contributed by atoms with Gasteiger partial charge in [0.05, 0.1) is 90.5 Å². The fourth-order valence-corrected chi connectivity index (χ4v) is 16.3. The molecule has 0 aliphatic heterocycles. The number of aliphatic hydroxyl groups excluding tert-OH is 4. The Labute approximate surface area is 728 Å². The molecule has 5 aromatic heterocycles. The van der Waals surface area contributed by atoms with E-state index in [0.717, 1.165) is 191 Å². The molecule has 0 atom stereocenters. The quantitative estimate of drug-likeness (QED) is 0.0431. The maximum Gasteiger partial charge on any atom is 0.189 e. The zero-order valence-corrected chi connectivity index (χ0v) is 70.7. The van der Waals surface area contributed by atoms with Gasteiger partial charge < -0.3 is 25.2 Å². The van der Waals surface area contributed by atoms with Crippen molar-refractivity contribution in [3.05, 3.63) is 404 Å². The molecule has 126 heavy (non-hydrogen) atoms. The molecule has 0 amide bonds. The van der Waals surface area contributed by atoms with E-state index >= 15 is 0 Å². The Hall–Kier alpha value is -15.1. The lowest BCUT2D eigenvalue weighted by molar-refractivity contribution is 0.103. The van der Waals surface area contributed by atoms with Crippen LogP contribution in [0.2, 0.25) is 0 Å². The molecule has 0 fully saturated rings. The summed E-state index contributed by atoms with van der Waals surface area (Å²) in [6, 6.07) is 76.2. The Bertz CT molecular complexity index is 6890. The Morgan fingerprint density at radius 1 is 0.286 bits per heavy atom. The second-order valence-electron chi connectivity index (χ2n) is 32.3. The summed E-state index contributed by atoms with van der Waals surface area (Å²) in [5.41, 5.74) is 36.4. The van der Waals surface area contributed by atoms with Gasteiger partial charge in [0, 0.05) is 116 Å². The molecule has 9 N–H and O–H groups in total. The first-order valence-corrected chi connectivity index (χ1v) is 41.6. The molecule has 5 aliphatic carbocycles. The van der Waals surface area contributed by atoms with Gasteiger partial charge in [-0.15, -0.1) is 0 Å². The third-order valence-corrected chi connectivity index (χ3v) is 23.1. The number of hydrogen-bond acceptors (Lipinski definition) is 15. The molecule has 20 rings (SSSR count). The summed E-state index contributed by atoms with van der Waals surface area (Å²) in [6.45, 7) is 12.0. The molecule has 5 heterocycles. The minimum atomic E-state index is -0.142. The number of aromatic nitrogens is 10. The molecule has 0 radical (unpaired) electrons. The summed E-state index contributed by atoms with van der Waals surface area (Å²) in [5, 5.41) is 74.0. The number of methoxy groups -OCH3 is 1. The number of hydrogen-bond donors (Lipinski definition) is 9. The Kier molecular flexibility index (Phi) is 25.1. The number of rotatable bonds is 15. The van der Waals surface area contributed by atoms with Gasteiger partial charge in [-0.05, 0) is 194 Å². The van der Waals surface area contributed by atoms with Crippen molar-refractivity contribution >= 4 is 59.3 Å². The van der Waals surface area contributed by atoms with Crippen LogP contribution in [0.5, 0.6) is 5.75 Å². The number of ketones is 5. The molecule has 626 valence electrons. The molecule has 0 bridgehead atoms. The molecular formula is C106H92N10O10. The highest BCUT2D eigenvalue weighted by Crippen LogP contribution is 2.37. The van der Waals surface area contributed by atoms with Crippen molar-refractivity contribution in [3.8, 4) is 62.0 Å². The summed E-state index contributed by atoms with van der Waals surface area (Å²) in [5.74, 6) is 1.14. The minimum absolute atomic E-state index is 0.0281. The number of ether oxygens (including phenoxy) is 1. The van der Waals surface area contributed by atoms with E-state index in [0.29, 0.717) is 49.0 Å². The van der Waals surface area contributed by atoms with Gasteiger partial charge in [0.25, 0.3) is 0 Å². The van der Waals surface area contributed by atoms with Crippen molar-refractivity contribution in [2.75, 3.05) is 7.11 Å². The van der Waals surface area contributed by atoms with Crippen LogP contribution in [-0.2, 0) is 58.5 Å². The maximum absolute atomic E-state index is 12.6. The number of aliphatic hydroxyl groups is 4. The first kappa shape index (κ1) is 84.5. The highest BCUT2D eigenvalue weighted by Gasteiger charge is 2.30. The van der Waals surface area contributed by atoms with Crippen molar-refractivity contribution in [1.82, 2.24) is 51.0 Å². The lowest BCUT2D eigenvalue weighted by Gasteiger charge is -2.06. The number of benzene rings is 10. The van der Waals surface area contributed by atoms with Crippen LogP contribution in [0.25, 0.3) is 86.7 Å². The van der Waals surface area contributed by atoms with Gasteiger partial charge in [-0.3, -0.25) is 49.5 Å². The highest BCUT2D eigenvalue weighted by molar-refractivity contribution is 6.18. The number of Topliss-reactive ketones (excluding diaryl/α,β-unsaturated/α-hetero) is 5. The van der Waals surface area contributed by atoms with E-state index in [2.05, 4.69) is 107 Å². The van der Waals surface area contributed by atoms with Crippen LogP contribution in [-0.4, -0.2) is 107 Å². The summed E-state index contributed by atoms with van der Waals surface area (Å²) in [4.78, 5) is 62.7. The Morgan fingerprint density at radius 3 is 1.01 bits per heavy atom. The second-order valence-corrected chi connectivity index (χ2v) is 32.3. The van der Waals surface area contributed by atoms with E-state index in [-0.39, 0.29) is 55.3 Å². The first-order chi connectivity index (χ1) is 61.1. The van der Waals surface area contributed by atoms with Crippen molar-refractivity contribution < 1.29 is 49.1 Å². The Morgan fingerprint density at radius 2 is 0.627 bits per heavy atom. The van der Waals surface area contributed by atoms with Crippen LogP contribution in [0, 0.1) is 41.5 Å². The average Bonchev–Trinajstić information content (AvgIpc) is 1.65. The molecule has 0 saturated heterocycles. The molecule has 0 unspecified atom stereocenters. The molecule has 0 spiro atoms. The van der Waals surface area contributed by atoms with Gasteiger partial charge in [-0.2, -0.15) is 25.5 Å². The first-order valence-electron chi connectivity index (χ1n) is 41.6. The lowest BCUT2D eigenvalue weighted by Crippen LogP contribution is -1.95. The van der Waals surface area contributed by atoms with Crippen molar-refractivity contribution in [1.29, 1.82) is 0 Å². The normalized spacial score (nSPS) is 14.9. The van der Waals surface area contributed by atoms with Crippen molar-refractivity contribution in [2.45, 2.75) is 100 Å². The van der Waals surface area contributed by atoms with Gasteiger partial charge in [0.1, 0.15) is 5.75 Å². The predicted molar refractivity (Wildman–Crippen MR) is 491 cm³/mol. The van der Waals surface area contributed by atoms with Crippen LogP contribution in [0.15, 0.2) is 264 Å². The zero-order chi connectivity index (χ0) is 87.8. The van der Waals surface area contributed by atoms with E-state index in [1.807, 2.05) is 240 Å². The van der Waals surface area contributed by atoms with Crippen LogP contribution in [0.4, 0.5) is 0 Å². The summed E-state index contributed by atoms with van der Waals surface area (Å²) >= 11 is 0. The number of carbonyl (C=O) groups excluding carboxylic acids is 5. The second kappa shape index (κ2) is 37.3. The molecule has 15 aromatic rings. The van der Waals surface area contributed by atoms with E-state index in [4.69, 9.17) is 9.84 Å². The van der Waals surface area contributed by atoms with Crippen LogP contribution in [0.1, 0.15) is 164 Å². The number of allylic oxidation sites excluding steroid dienone is 5. The molecule has 0 saturated carbocycles. The standard InChI is InChI=1S/2C22H20N2O3.C21H18N2O2.C21H18N2O.C20H16N2O/c1-13-3-4-20-15(5-13)8-17(22(20)26)9-18-11-21(24-23-18)16-6-14(12-25)7-19(10-16)27-2;1-13-2-5-20-16(6-13)8-17(22(20)27)9-19-10-21(24-23-19)14-3-4-15(11-25)18(7-14)12-26;1-13-2-7-19-16(8-13)9-17(21(19)25)10-18-11-20(23-22-18)15-5-3-14(12-24)4-6-15;1-13-7-8-16(9-14(13)2)20-12-18(22-23-20)11-17-10-15-5-3-4-6-19(15)21(17)24;1-13-7-8-18-15(9-13)10-16(20(18)23)11-17-12-19(22-21-17)14-5-3-2-4-6-14/h3-7,9-11,25H,8,12H2,1-2H3,(H,23,24);2-7,9-10,25-26H,8,11-12H2,1H3,(H,23,24);2-8,10-11,24H,9,12H2,1H3,(H,22,23);3-9,11-12H,10H2,1-2H3,(H,22,23);2-9,11-12H,10H2,1H3,(H,21,22)/b2*17-9+;17-10+;17-11+;16-11+. The third-order valence-electron chi connectivity index (χ3n) is 23.1. The number of aryl methyl sites for hydroxylation is 6. The molecule has 20 heteroatoms. The van der Waals surface area contributed by atoms with Gasteiger partial charge in [-0.1, -0.05) is 198 Å². The molecule has 5 aliphatic rings. The monoisotopic (exact) mass is 1660 g/mol. The number of nitrogens with one attached hydrogen (secondary N) is 5. The fourth-order valence-electron chi connectivity index (χ4n) is 16.3. The van der Waals surface area contributed by atoms with Gasteiger partial charge in [0.2, 0.25) is 0 Å². The molecule has 10 aromatic carbocycles. The van der Waals surface area contributed by atoms with E-state index < -0.39 is 0 Å². The van der Waals surface area contributed by atoms with Crippen molar-refractivity contribution in [2.24, 2.45) is 0 Å². The van der Waals surface area contributed by atoms with Gasteiger partial charge in [-0.25, -0.2) is 0 Å². The number of fused-ring (bicyclic) bond motifs is 5. The SMILES string of the molecule is COc1cc(CO)cc(-c2cc(/C=C3\Cc4cc(C)ccc4C3=O)[nH]n2)c1.Cc1ccc(-c2cc(/C=C3\Cc4ccccc4C3=O)[nH]n2)cc1C.Cc1ccc2c(c1)C/C(=C\c1cc(-c3ccc(CO)c(CO)c3)n[nH]1)C2=O.Cc1ccc2c(c1)C/C(=C\c1cc(-c3ccc(CO)cc3)n[nH]1)C2=O.Cc1ccc2c(c1)C/C(=C\c1cc(-c3ccccc3)n[nH]1)C2=O. The highest BCUT2D eigenvalue weighted by atomic mass is 16.5. The molecule has 20 nitrogen and oxygen atoms in total. The number of aromatic amines is 5. The lowest BCUT2D eigenvalue weighted by atomic mass is 10.0. The van der Waals surface area contributed by atoms with E-state index in [9.17, 15) is 39.3 Å². The zero-order valence-electron chi connectivity index (χ0n) is 70.7. The van der Waals surface area contributed by atoms with E-state index in [1.54, 1.807) is 19.2 Å². The smallest absolute Gasteiger partial charge is 0.189 e. The maximum atomic E-state index is 12.6. The Balaban J connectivity index is 0.000000116. The number of H-pyrrole nitrogens is 5. The fraction of sp³-hybridized carbons (Fsp3) is 0.151. The average molecular weight is 1670 g/mol. The minimum Gasteiger partial charge on any atom is -0.497 e. The largest absolute Gasteiger partial charge is 0.497 e. The molecular weight excluding hydrogens is 1570 g/mol. The van der Waals surface area contributed by atoms with Crippen molar-refractivity contribution in [3.63, 3.8) is 0 Å². The summed E-state index contributed by atoms with van der Waals surface area (Å²) < 4.78 is 5.29. The van der Waals surface area contributed by atoms with Crippen LogP contribution < -0.4 is 4.74 Å². The summed E-state index contributed by atoms with van der Waals surface area (Å²) in [7, 11) is 1.59.